The van der Waals surface area contributed by atoms with Crippen molar-refractivity contribution in [1.29, 1.82) is 5.26 Å². The smallest absolute Gasteiger partial charge is 0.336 e. The fourth-order valence-corrected chi connectivity index (χ4v) is 2.43. The minimum atomic E-state index is -1.02. The number of rotatable bonds is 3. The van der Waals surface area contributed by atoms with Crippen LogP contribution in [-0.4, -0.2) is 18.2 Å². The minimum absolute atomic E-state index is 0.167. The maximum absolute atomic E-state index is 11.2. The molecular formula is C13H9NO3S. The van der Waals surface area contributed by atoms with Gasteiger partial charge in [-0.05, 0) is 30.3 Å². The number of nitriles is 1. The third kappa shape index (κ3) is 2.19. The lowest BCUT2D eigenvalue weighted by Crippen LogP contribution is -1.99. The third-order valence-corrected chi connectivity index (χ3v) is 3.46. The molecule has 1 N–H and O–H groups in total. The Morgan fingerprint density at radius 1 is 1.39 bits per heavy atom. The SMILES string of the molecule is COc1ccc(-c2ccc(C#N)s2)c(C(=O)O)c1. The molecule has 2 rings (SSSR count). The molecule has 0 fully saturated rings. The van der Waals surface area contributed by atoms with Gasteiger partial charge in [-0.2, -0.15) is 5.26 Å². The highest BCUT2D eigenvalue weighted by molar-refractivity contribution is 7.16. The van der Waals surface area contributed by atoms with Crippen molar-refractivity contribution in [3.63, 3.8) is 0 Å². The van der Waals surface area contributed by atoms with Gasteiger partial charge in [0, 0.05) is 10.4 Å². The van der Waals surface area contributed by atoms with Gasteiger partial charge < -0.3 is 9.84 Å². The Bertz CT molecular complexity index is 640. The van der Waals surface area contributed by atoms with Crippen molar-refractivity contribution in [3.05, 3.63) is 40.8 Å². The summed E-state index contributed by atoms with van der Waals surface area (Å²) in [5.41, 5.74) is 0.760. The summed E-state index contributed by atoms with van der Waals surface area (Å²) in [5, 5.41) is 18.0. The van der Waals surface area contributed by atoms with Gasteiger partial charge in [0.25, 0.3) is 0 Å². The largest absolute Gasteiger partial charge is 0.497 e. The first kappa shape index (κ1) is 12.1. The van der Waals surface area contributed by atoms with Crippen LogP contribution in [0.2, 0.25) is 0 Å². The van der Waals surface area contributed by atoms with Crippen LogP contribution >= 0.6 is 11.3 Å². The Morgan fingerprint density at radius 2 is 2.17 bits per heavy atom. The number of benzene rings is 1. The first-order valence-corrected chi connectivity index (χ1v) is 5.89. The van der Waals surface area contributed by atoms with E-state index in [0.717, 1.165) is 4.88 Å². The van der Waals surface area contributed by atoms with Gasteiger partial charge in [-0.3, -0.25) is 0 Å². The number of hydrogen-bond acceptors (Lipinski definition) is 4. The van der Waals surface area contributed by atoms with E-state index in [4.69, 9.17) is 10.00 Å². The van der Waals surface area contributed by atoms with Gasteiger partial charge >= 0.3 is 5.97 Å². The second-order valence-corrected chi connectivity index (χ2v) is 4.58. The topological polar surface area (TPSA) is 70.3 Å². The zero-order valence-electron chi connectivity index (χ0n) is 9.51. The van der Waals surface area contributed by atoms with E-state index >= 15 is 0 Å². The van der Waals surface area contributed by atoms with E-state index in [0.29, 0.717) is 16.2 Å². The Labute approximate surface area is 108 Å². The summed E-state index contributed by atoms with van der Waals surface area (Å²) in [6.45, 7) is 0. The van der Waals surface area contributed by atoms with E-state index in [1.807, 2.05) is 6.07 Å². The van der Waals surface area contributed by atoms with Crippen molar-refractivity contribution in [1.82, 2.24) is 0 Å². The van der Waals surface area contributed by atoms with Gasteiger partial charge in [0.15, 0.2) is 0 Å². The van der Waals surface area contributed by atoms with Gasteiger partial charge in [-0.15, -0.1) is 11.3 Å². The minimum Gasteiger partial charge on any atom is -0.497 e. The van der Waals surface area contributed by atoms with Crippen LogP contribution in [0.15, 0.2) is 30.3 Å². The number of thiophene rings is 1. The molecule has 0 aliphatic heterocycles. The van der Waals surface area contributed by atoms with Crippen molar-refractivity contribution in [2.45, 2.75) is 0 Å². The van der Waals surface area contributed by atoms with Crippen LogP contribution in [0.25, 0.3) is 10.4 Å². The number of ether oxygens (including phenoxy) is 1. The molecule has 0 spiro atoms. The van der Waals surface area contributed by atoms with E-state index in [-0.39, 0.29) is 5.56 Å². The number of hydrogen-bond donors (Lipinski definition) is 1. The molecule has 0 unspecified atom stereocenters. The molecule has 0 bridgehead atoms. The number of carboxylic acids is 1. The molecule has 4 nitrogen and oxygen atoms in total. The average molecular weight is 259 g/mol. The molecule has 0 saturated carbocycles. The highest BCUT2D eigenvalue weighted by Crippen LogP contribution is 2.32. The molecule has 0 atom stereocenters. The zero-order chi connectivity index (χ0) is 13.1. The highest BCUT2D eigenvalue weighted by Gasteiger charge is 2.14. The molecule has 0 aliphatic carbocycles. The second-order valence-electron chi connectivity index (χ2n) is 3.49. The van der Waals surface area contributed by atoms with Crippen LogP contribution in [0, 0.1) is 11.3 Å². The summed E-state index contributed by atoms with van der Waals surface area (Å²) in [6, 6.07) is 10.3. The normalized spacial score (nSPS) is 9.78. The predicted octanol–water partition coefficient (Wildman–Crippen LogP) is 2.99. The van der Waals surface area contributed by atoms with Crippen molar-refractivity contribution in [3.8, 4) is 22.3 Å². The monoisotopic (exact) mass is 259 g/mol. The molecule has 1 heterocycles. The first-order valence-electron chi connectivity index (χ1n) is 5.07. The number of nitrogens with zero attached hydrogens (tertiary/aromatic N) is 1. The zero-order valence-corrected chi connectivity index (χ0v) is 10.3. The maximum Gasteiger partial charge on any atom is 0.336 e. The summed E-state index contributed by atoms with van der Waals surface area (Å²) in [4.78, 5) is 12.5. The van der Waals surface area contributed by atoms with Gasteiger partial charge in [0.05, 0.1) is 12.7 Å². The molecule has 18 heavy (non-hydrogen) atoms. The summed E-state index contributed by atoms with van der Waals surface area (Å²) >= 11 is 1.27. The van der Waals surface area contributed by atoms with Crippen LogP contribution in [0.3, 0.4) is 0 Å². The Balaban J connectivity index is 2.56. The number of aromatic carboxylic acids is 1. The van der Waals surface area contributed by atoms with Crippen LogP contribution in [0.1, 0.15) is 15.2 Å². The Hall–Kier alpha value is -2.32. The molecular weight excluding hydrogens is 250 g/mol. The molecule has 0 saturated heterocycles. The molecule has 1 aromatic heterocycles. The molecule has 5 heteroatoms. The second kappa shape index (κ2) is 4.90. The van der Waals surface area contributed by atoms with E-state index in [2.05, 4.69) is 0 Å². The van der Waals surface area contributed by atoms with Crippen LogP contribution < -0.4 is 4.74 Å². The van der Waals surface area contributed by atoms with Gasteiger partial charge in [0.1, 0.15) is 16.7 Å². The number of carboxylic acid groups (broad SMARTS) is 1. The van der Waals surface area contributed by atoms with Crippen molar-refractivity contribution in [2.75, 3.05) is 7.11 Å². The Morgan fingerprint density at radius 3 is 2.72 bits per heavy atom. The lowest BCUT2D eigenvalue weighted by atomic mass is 10.1. The summed E-state index contributed by atoms with van der Waals surface area (Å²) in [7, 11) is 1.49. The van der Waals surface area contributed by atoms with Crippen molar-refractivity contribution < 1.29 is 14.6 Å². The fraction of sp³-hybridized carbons (Fsp3) is 0.0769. The van der Waals surface area contributed by atoms with Crippen LogP contribution in [0.4, 0.5) is 0 Å². The third-order valence-electron chi connectivity index (χ3n) is 2.44. The lowest BCUT2D eigenvalue weighted by Gasteiger charge is -2.06. The van der Waals surface area contributed by atoms with Crippen molar-refractivity contribution >= 4 is 17.3 Å². The van der Waals surface area contributed by atoms with Gasteiger partial charge in [-0.25, -0.2) is 4.79 Å². The predicted molar refractivity (Wildman–Crippen MR) is 68.0 cm³/mol. The standard InChI is InChI=1S/C13H9NO3S/c1-17-8-2-4-10(11(6-8)13(15)16)12-5-3-9(7-14)18-12/h2-6H,1H3,(H,15,16). The quantitative estimate of drug-likeness (QED) is 0.919. The Kier molecular flexibility index (Phi) is 3.31. The molecule has 1 aromatic carbocycles. The van der Waals surface area contributed by atoms with Gasteiger partial charge in [-0.1, -0.05) is 0 Å². The fourth-order valence-electron chi connectivity index (χ4n) is 1.58. The lowest BCUT2D eigenvalue weighted by molar-refractivity contribution is 0.0697. The summed E-state index contributed by atoms with van der Waals surface area (Å²) < 4.78 is 5.01. The van der Waals surface area contributed by atoms with E-state index in [9.17, 15) is 9.90 Å². The average Bonchev–Trinajstić information content (AvgIpc) is 2.86. The number of carbonyl (C=O) groups is 1. The first-order chi connectivity index (χ1) is 8.65. The highest BCUT2D eigenvalue weighted by atomic mass is 32.1. The molecule has 90 valence electrons. The molecule has 0 aliphatic rings. The molecule has 2 aromatic rings. The van der Waals surface area contributed by atoms with Gasteiger partial charge in [0.2, 0.25) is 0 Å². The molecule has 0 amide bonds. The van der Waals surface area contributed by atoms with E-state index < -0.39 is 5.97 Å². The van der Waals surface area contributed by atoms with E-state index in [1.165, 1.54) is 24.5 Å². The summed E-state index contributed by atoms with van der Waals surface area (Å²) in [5.74, 6) is -0.524. The van der Waals surface area contributed by atoms with E-state index in [1.54, 1.807) is 24.3 Å². The summed E-state index contributed by atoms with van der Waals surface area (Å²) in [6.07, 6.45) is 0. The molecule has 0 radical (unpaired) electrons. The van der Waals surface area contributed by atoms with Crippen molar-refractivity contribution in [2.24, 2.45) is 0 Å². The number of methoxy groups -OCH3 is 1. The van der Waals surface area contributed by atoms with Crippen LogP contribution in [0.5, 0.6) is 5.75 Å². The maximum atomic E-state index is 11.2. The van der Waals surface area contributed by atoms with Crippen LogP contribution in [-0.2, 0) is 0 Å².